The van der Waals surface area contributed by atoms with Crippen molar-refractivity contribution in [1.29, 1.82) is 0 Å². The molecule has 2 aliphatic rings. The van der Waals surface area contributed by atoms with Crippen LogP contribution in [-0.2, 0) is 43.9 Å². The highest BCUT2D eigenvalue weighted by molar-refractivity contribution is 5.98. The molecule has 1 heterocycles. The Morgan fingerprint density at radius 2 is 1.55 bits per heavy atom. The summed E-state index contributed by atoms with van der Waals surface area (Å²) in [5, 5.41) is 34.9. The second-order valence-corrected chi connectivity index (χ2v) is 15.0. The van der Waals surface area contributed by atoms with Gasteiger partial charge in [-0.25, -0.2) is 4.79 Å². The van der Waals surface area contributed by atoms with Crippen LogP contribution in [-0.4, -0.2) is 101 Å². The molecule has 1 saturated heterocycles. The Morgan fingerprint density at radius 3 is 2.16 bits per heavy atom. The number of rotatable bonds is 17. The zero-order valence-electron chi connectivity index (χ0n) is 33.0. The van der Waals surface area contributed by atoms with Crippen LogP contribution < -0.4 is 10.6 Å². The van der Waals surface area contributed by atoms with Crippen molar-refractivity contribution >= 4 is 29.8 Å². The first kappa shape index (κ1) is 43.7. The molecule has 5 N–H and O–H groups in total. The third-order valence-corrected chi connectivity index (χ3v) is 9.41. The van der Waals surface area contributed by atoms with Crippen LogP contribution in [0.5, 0.6) is 0 Å². The molecular formula is C44H52N2O12. The minimum Gasteiger partial charge on any atom is -0.499 e. The molecule has 1 aliphatic carbocycles. The SMILES string of the molecule is CC(O)C(NC(=O)C1=CC2OC(c3ccccc3)(c3ccccc3)OC2C(OC(=O)c2ccccc2C=COCCO)C1)C(=O)NC(CO)CCC(=O)OC(C)(C)C. The van der Waals surface area contributed by atoms with Crippen molar-refractivity contribution in [2.45, 2.75) is 94.8 Å². The van der Waals surface area contributed by atoms with Crippen LogP contribution in [0.4, 0.5) is 0 Å². The second kappa shape index (κ2) is 19.9. The number of carbonyl (C=O) groups is 4. The summed E-state index contributed by atoms with van der Waals surface area (Å²) < 4.78 is 30.3. The Bertz CT molecular complexity index is 1890. The fourth-order valence-electron chi connectivity index (χ4n) is 6.69. The topological polar surface area (TPSA) is 199 Å². The maximum Gasteiger partial charge on any atom is 0.339 e. The summed E-state index contributed by atoms with van der Waals surface area (Å²) >= 11 is 0. The maximum atomic E-state index is 14.1. The largest absolute Gasteiger partial charge is 0.499 e. The summed E-state index contributed by atoms with van der Waals surface area (Å²) in [6.45, 7) is 5.90. The fraction of sp³-hybridized carbons (Fsp3) is 0.409. The van der Waals surface area contributed by atoms with Crippen molar-refractivity contribution in [3.05, 3.63) is 125 Å². The number of aliphatic hydroxyl groups is 3. The van der Waals surface area contributed by atoms with Gasteiger partial charge in [0.2, 0.25) is 17.6 Å². The molecule has 0 bridgehead atoms. The van der Waals surface area contributed by atoms with Gasteiger partial charge in [-0.2, -0.15) is 0 Å². The fourth-order valence-corrected chi connectivity index (χ4v) is 6.69. The zero-order valence-corrected chi connectivity index (χ0v) is 33.0. The number of fused-ring (bicyclic) bond motifs is 1. The quantitative estimate of drug-likeness (QED) is 0.0756. The van der Waals surface area contributed by atoms with E-state index in [1.807, 2.05) is 60.7 Å². The van der Waals surface area contributed by atoms with E-state index in [2.05, 4.69) is 10.6 Å². The lowest BCUT2D eigenvalue weighted by Crippen LogP contribution is -2.55. The van der Waals surface area contributed by atoms with Gasteiger partial charge in [-0.3, -0.25) is 14.4 Å². The third kappa shape index (κ3) is 11.2. The minimum absolute atomic E-state index is 0.0510. The summed E-state index contributed by atoms with van der Waals surface area (Å²) in [5.41, 5.74) is 1.41. The molecular weight excluding hydrogens is 748 g/mol. The molecule has 5 rings (SSSR count). The van der Waals surface area contributed by atoms with Crippen LogP contribution in [0.1, 0.15) is 74.0 Å². The summed E-state index contributed by atoms with van der Waals surface area (Å²) in [6, 6.07) is 22.8. The van der Waals surface area contributed by atoms with Crippen LogP contribution in [0.2, 0.25) is 0 Å². The molecule has 0 aromatic heterocycles. The van der Waals surface area contributed by atoms with Gasteiger partial charge in [0.05, 0.1) is 37.2 Å². The average Bonchev–Trinajstić information content (AvgIpc) is 3.61. The summed E-state index contributed by atoms with van der Waals surface area (Å²) in [7, 11) is 0. The molecule has 1 fully saturated rings. The first-order valence-corrected chi connectivity index (χ1v) is 19.2. The van der Waals surface area contributed by atoms with E-state index >= 15 is 0 Å². The molecule has 2 amide bonds. The van der Waals surface area contributed by atoms with E-state index in [1.165, 1.54) is 13.2 Å². The van der Waals surface area contributed by atoms with E-state index in [0.29, 0.717) is 16.7 Å². The molecule has 0 saturated carbocycles. The van der Waals surface area contributed by atoms with E-state index in [-0.39, 0.29) is 43.6 Å². The Morgan fingerprint density at radius 1 is 0.914 bits per heavy atom. The first-order chi connectivity index (χ1) is 27.7. The third-order valence-electron chi connectivity index (χ3n) is 9.41. The first-order valence-electron chi connectivity index (χ1n) is 19.2. The Labute approximate surface area is 337 Å². The Balaban J connectivity index is 1.42. The number of benzene rings is 3. The molecule has 3 aromatic rings. The molecule has 1 aliphatic heterocycles. The second-order valence-electron chi connectivity index (χ2n) is 15.0. The normalized spacial score (nSPS) is 20.2. The number of ether oxygens (including phenoxy) is 5. The molecule has 14 heteroatoms. The number of esters is 2. The molecule has 6 unspecified atom stereocenters. The Hall–Kier alpha value is -5.38. The molecule has 14 nitrogen and oxygen atoms in total. The van der Waals surface area contributed by atoms with Gasteiger partial charge in [-0.1, -0.05) is 78.9 Å². The highest BCUT2D eigenvalue weighted by atomic mass is 16.8. The molecule has 0 spiro atoms. The van der Waals surface area contributed by atoms with Gasteiger partial charge in [-0.05, 0) is 57.9 Å². The van der Waals surface area contributed by atoms with Gasteiger partial charge >= 0.3 is 11.9 Å². The smallest absolute Gasteiger partial charge is 0.339 e. The predicted molar refractivity (Wildman–Crippen MR) is 212 cm³/mol. The molecule has 0 radical (unpaired) electrons. The van der Waals surface area contributed by atoms with Crippen LogP contribution >= 0.6 is 0 Å². The van der Waals surface area contributed by atoms with Crippen molar-refractivity contribution in [2.24, 2.45) is 0 Å². The lowest BCUT2D eigenvalue weighted by molar-refractivity contribution is -0.157. The number of aliphatic hydroxyl groups excluding tert-OH is 3. The van der Waals surface area contributed by atoms with Crippen LogP contribution in [0.15, 0.2) is 103 Å². The zero-order chi connectivity index (χ0) is 41.9. The highest BCUT2D eigenvalue weighted by Crippen LogP contribution is 2.47. The number of hydrogen-bond acceptors (Lipinski definition) is 12. The minimum atomic E-state index is -1.47. The van der Waals surface area contributed by atoms with E-state index in [1.54, 1.807) is 57.2 Å². The van der Waals surface area contributed by atoms with Crippen molar-refractivity contribution in [1.82, 2.24) is 10.6 Å². The Kier molecular flexibility index (Phi) is 15.0. The van der Waals surface area contributed by atoms with Crippen molar-refractivity contribution < 1.29 is 58.2 Å². The number of carbonyl (C=O) groups excluding carboxylic acids is 4. The summed E-state index contributed by atoms with van der Waals surface area (Å²) in [6.07, 6.45) is 0.0380. The van der Waals surface area contributed by atoms with Gasteiger partial charge < -0.3 is 49.6 Å². The molecule has 3 aromatic carbocycles. The van der Waals surface area contributed by atoms with Crippen LogP contribution in [0.3, 0.4) is 0 Å². The monoisotopic (exact) mass is 800 g/mol. The maximum absolute atomic E-state index is 14.1. The van der Waals surface area contributed by atoms with Crippen molar-refractivity contribution in [2.75, 3.05) is 19.8 Å². The van der Waals surface area contributed by atoms with E-state index in [9.17, 15) is 29.4 Å². The predicted octanol–water partition coefficient (Wildman–Crippen LogP) is 3.67. The average molecular weight is 801 g/mol. The van der Waals surface area contributed by atoms with Gasteiger partial charge in [0.25, 0.3) is 0 Å². The lowest BCUT2D eigenvalue weighted by Gasteiger charge is -2.32. The van der Waals surface area contributed by atoms with Crippen LogP contribution in [0.25, 0.3) is 6.08 Å². The van der Waals surface area contributed by atoms with Gasteiger partial charge in [0, 0.05) is 29.5 Å². The summed E-state index contributed by atoms with van der Waals surface area (Å²) in [4.78, 5) is 53.8. The standard InChI is InChI=1S/C44H52N2O12/c1-28(49)38(41(52)45-33(27-48)19-20-37(50)57-43(2,3)4)46-40(51)30-25-35(55-42(53)34-18-12-11-13-29(34)21-23-54-24-22-47)39-36(26-30)56-44(58-39,31-14-7-5-8-15-31)32-16-9-6-10-17-32/h5-18,21,23,26,28,33,35-36,38-39,47-49H,19-20,22,24-25,27H2,1-4H3,(H,45,52)(H,46,51). The molecule has 310 valence electrons. The van der Waals surface area contributed by atoms with E-state index in [4.69, 9.17) is 28.8 Å². The van der Waals surface area contributed by atoms with E-state index < -0.39 is 78.2 Å². The lowest BCUT2D eigenvalue weighted by atomic mass is 9.91. The number of amides is 2. The highest BCUT2D eigenvalue weighted by Gasteiger charge is 2.55. The van der Waals surface area contributed by atoms with Crippen LogP contribution in [0, 0.1) is 0 Å². The molecule has 58 heavy (non-hydrogen) atoms. The van der Waals surface area contributed by atoms with E-state index in [0.717, 1.165) is 0 Å². The van der Waals surface area contributed by atoms with Crippen molar-refractivity contribution in [3.8, 4) is 0 Å². The van der Waals surface area contributed by atoms with Gasteiger partial charge in [0.1, 0.15) is 36.6 Å². The van der Waals surface area contributed by atoms with Gasteiger partial charge in [0.15, 0.2) is 0 Å². The number of hydrogen-bond donors (Lipinski definition) is 5. The van der Waals surface area contributed by atoms with Gasteiger partial charge in [-0.15, -0.1) is 0 Å². The molecule has 6 atom stereocenters. The number of nitrogens with one attached hydrogen (secondary N) is 2. The van der Waals surface area contributed by atoms with Crippen molar-refractivity contribution in [3.63, 3.8) is 0 Å². The summed E-state index contributed by atoms with van der Waals surface area (Å²) in [5.74, 6) is -4.21.